The van der Waals surface area contributed by atoms with E-state index in [1.165, 1.54) is 13.2 Å². The maximum absolute atomic E-state index is 13.2. The van der Waals surface area contributed by atoms with Crippen molar-refractivity contribution >= 4 is 39.1 Å². The molecule has 2 atom stereocenters. The van der Waals surface area contributed by atoms with Crippen LogP contribution >= 0.6 is 15.9 Å². The van der Waals surface area contributed by atoms with Crippen molar-refractivity contribution in [1.82, 2.24) is 0 Å². The minimum absolute atomic E-state index is 0.0484. The molecular weight excluding hydrogens is 424 g/mol. The summed E-state index contributed by atoms with van der Waals surface area (Å²) >= 11 is 3.19. The van der Waals surface area contributed by atoms with E-state index in [9.17, 15) is 19.2 Å². The number of ketones is 4. The van der Waals surface area contributed by atoms with Gasteiger partial charge in [0.25, 0.3) is 0 Å². The Bertz CT molecular complexity index is 1190. The first-order chi connectivity index (χ1) is 13.4. The van der Waals surface area contributed by atoms with Crippen molar-refractivity contribution in [1.29, 1.82) is 0 Å². The molecule has 138 valence electrons. The number of carbonyl (C=O) groups excluding carboxylic acids is 4. The maximum Gasteiger partial charge on any atom is 0.226 e. The second-order valence-electron chi connectivity index (χ2n) is 7.18. The van der Waals surface area contributed by atoms with E-state index < -0.39 is 17.6 Å². The van der Waals surface area contributed by atoms with Crippen molar-refractivity contribution < 1.29 is 23.9 Å². The van der Waals surface area contributed by atoms with Crippen LogP contribution in [0.4, 0.5) is 0 Å². The lowest BCUT2D eigenvalue weighted by atomic mass is 9.56. The van der Waals surface area contributed by atoms with Gasteiger partial charge in [0.1, 0.15) is 4.48 Å². The minimum Gasteiger partial charge on any atom is -0.491 e. The molecule has 0 radical (unpaired) electrons. The van der Waals surface area contributed by atoms with Gasteiger partial charge in [-0.2, -0.15) is 0 Å². The highest BCUT2D eigenvalue weighted by Crippen LogP contribution is 2.59. The van der Waals surface area contributed by atoms with Crippen molar-refractivity contribution in [3.05, 3.63) is 79.6 Å². The number of allylic oxidation sites excluding steroid dienone is 7. The molecule has 0 aromatic heterocycles. The molecular formula is C22H13BrO5. The molecule has 28 heavy (non-hydrogen) atoms. The molecule has 0 spiro atoms. The number of hydrogen-bond acceptors (Lipinski definition) is 5. The molecule has 2 bridgehead atoms. The average molecular weight is 437 g/mol. The van der Waals surface area contributed by atoms with E-state index >= 15 is 0 Å². The Morgan fingerprint density at radius 3 is 1.96 bits per heavy atom. The highest BCUT2D eigenvalue weighted by molar-refractivity contribution is 9.12. The molecule has 5 aliphatic carbocycles. The van der Waals surface area contributed by atoms with Crippen LogP contribution < -0.4 is 0 Å². The zero-order valence-corrected chi connectivity index (χ0v) is 16.5. The number of rotatable bonds is 1. The van der Waals surface area contributed by atoms with Gasteiger partial charge in [0.05, 0.1) is 7.11 Å². The fourth-order valence-corrected chi connectivity index (χ4v) is 5.34. The van der Waals surface area contributed by atoms with Gasteiger partial charge in [0.2, 0.25) is 11.6 Å². The molecule has 0 fully saturated rings. The maximum atomic E-state index is 13.2. The number of hydrogen-bond donors (Lipinski definition) is 0. The molecule has 5 nitrogen and oxygen atoms in total. The highest BCUT2D eigenvalue weighted by Gasteiger charge is 2.55. The summed E-state index contributed by atoms with van der Waals surface area (Å²) in [5, 5.41) is 0. The number of benzene rings is 1. The van der Waals surface area contributed by atoms with Crippen molar-refractivity contribution in [2.24, 2.45) is 0 Å². The van der Waals surface area contributed by atoms with Crippen LogP contribution in [0.2, 0.25) is 0 Å². The molecule has 0 amide bonds. The first-order valence-corrected chi connectivity index (χ1v) is 9.55. The number of halogens is 1. The molecule has 0 heterocycles. The van der Waals surface area contributed by atoms with Gasteiger partial charge in [-0.25, -0.2) is 0 Å². The van der Waals surface area contributed by atoms with E-state index in [0.717, 1.165) is 11.1 Å². The van der Waals surface area contributed by atoms with Crippen LogP contribution in [0.25, 0.3) is 0 Å². The highest BCUT2D eigenvalue weighted by atomic mass is 79.9. The number of Topliss-reactive ketones (excluding diaryl/α,β-unsaturated/α-hetero) is 3. The van der Waals surface area contributed by atoms with Gasteiger partial charge in [-0.05, 0) is 40.1 Å². The first-order valence-electron chi connectivity index (χ1n) is 8.75. The van der Waals surface area contributed by atoms with Crippen molar-refractivity contribution in [3.8, 4) is 0 Å². The van der Waals surface area contributed by atoms with Crippen LogP contribution in [0, 0.1) is 0 Å². The molecule has 1 aromatic rings. The Labute approximate surface area is 168 Å². The summed E-state index contributed by atoms with van der Waals surface area (Å²) in [5.74, 6) is -2.87. The van der Waals surface area contributed by atoms with E-state index in [1.807, 2.05) is 24.3 Å². The van der Waals surface area contributed by atoms with E-state index in [1.54, 1.807) is 6.92 Å². The van der Waals surface area contributed by atoms with Gasteiger partial charge in [0.15, 0.2) is 17.3 Å². The van der Waals surface area contributed by atoms with Gasteiger partial charge in [-0.3, -0.25) is 19.2 Å². The molecule has 0 N–H and O–H groups in total. The predicted octanol–water partition coefficient (Wildman–Crippen LogP) is 2.98. The Balaban J connectivity index is 1.86. The SMILES string of the molecule is COC1=C(Br)C(=O)C2=C(C1=O)C1C3=C(C(=O)C=C(C)C3=O)C2c2ccccc21. The molecule has 5 aliphatic rings. The summed E-state index contributed by atoms with van der Waals surface area (Å²) in [7, 11) is 1.33. The third-order valence-corrected chi connectivity index (χ3v) is 6.59. The van der Waals surface area contributed by atoms with Crippen LogP contribution in [0.5, 0.6) is 0 Å². The largest absolute Gasteiger partial charge is 0.491 e. The van der Waals surface area contributed by atoms with Gasteiger partial charge in [0, 0.05) is 39.7 Å². The van der Waals surface area contributed by atoms with E-state index in [2.05, 4.69) is 15.9 Å². The lowest BCUT2D eigenvalue weighted by Crippen LogP contribution is -2.42. The standard InChI is InChI=1S/C22H13BrO5/c1-8-7-11(24)14-12-9-5-3-4-6-10(9)13(15(14)19(8)25)17-16(12)20(26)18(23)22(28-2)21(17)27/h3-7,12-13H,1-2H3. The zero-order chi connectivity index (χ0) is 19.9. The molecule has 2 unspecified atom stereocenters. The Hall–Kier alpha value is -2.86. The van der Waals surface area contributed by atoms with E-state index in [0.29, 0.717) is 16.7 Å². The van der Waals surface area contributed by atoms with E-state index in [4.69, 9.17) is 4.74 Å². The van der Waals surface area contributed by atoms with Crippen molar-refractivity contribution in [2.75, 3.05) is 7.11 Å². The fourth-order valence-electron chi connectivity index (χ4n) is 4.78. The molecule has 1 aromatic carbocycles. The van der Waals surface area contributed by atoms with Gasteiger partial charge in [-0.15, -0.1) is 0 Å². The minimum atomic E-state index is -0.742. The smallest absolute Gasteiger partial charge is 0.226 e. The third-order valence-electron chi connectivity index (χ3n) is 5.87. The summed E-state index contributed by atoms with van der Waals surface area (Å²) in [5.41, 5.74) is 3.09. The van der Waals surface area contributed by atoms with E-state index in [-0.39, 0.29) is 38.7 Å². The number of methoxy groups -OCH3 is 1. The fraction of sp³-hybridized carbons (Fsp3) is 0.182. The normalized spacial score (nSPS) is 25.8. The Kier molecular flexibility index (Phi) is 3.44. The Morgan fingerprint density at radius 1 is 0.821 bits per heavy atom. The van der Waals surface area contributed by atoms with Crippen LogP contribution in [0.1, 0.15) is 29.9 Å². The zero-order valence-electron chi connectivity index (χ0n) is 15.0. The lowest BCUT2D eigenvalue weighted by Gasteiger charge is -2.45. The quantitative estimate of drug-likeness (QED) is 0.632. The summed E-state index contributed by atoms with van der Waals surface area (Å²) in [6.45, 7) is 1.60. The predicted molar refractivity (Wildman–Crippen MR) is 103 cm³/mol. The van der Waals surface area contributed by atoms with Gasteiger partial charge in [-0.1, -0.05) is 24.3 Å². The van der Waals surface area contributed by atoms with Crippen LogP contribution in [-0.4, -0.2) is 30.2 Å². The average Bonchev–Trinajstić information content (AvgIpc) is 2.69. The lowest BCUT2D eigenvalue weighted by molar-refractivity contribution is -0.119. The van der Waals surface area contributed by atoms with Crippen molar-refractivity contribution in [3.63, 3.8) is 0 Å². The number of ether oxygens (including phenoxy) is 1. The molecule has 0 saturated carbocycles. The second kappa shape index (κ2) is 5.58. The molecule has 0 saturated heterocycles. The Morgan fingerprint density at radius 2 is 1.36 bits per heavy atom. The summed E-state index contributed by atoms with van der Waals surface area (Å²) in [4.78, 5) is 52.3. The summed E-state index contributed by atoms with van der Waals surface area (Å²) in [6, 6.07) is 7.36. The topological polar surface area (TPSA) is 77.5 Å². The van der Waals surface area contributed by atoms with Crippen LogP contribution in [0.15, 0.2) is 68.4 Å². The summed E-state index contributed by atoms with van der Waals surface area (Å²) < 4.78 is 5.23. The number of carbonyl (C=O) groups is 4. The second-order valence-corrected chi connectivity index (χ2v) is 7.97. The van der Waals surface area contributed by atoms with Gasteiger partial charge >= 0.3 is 0 Å². The molecule has 6 rings (SSSR count). The van der Waals surface area contributed by atoms with Crippen LogP contribution in [-0.2, 0) is 23.9 Å². The molecule has 6 heteroatoms. The third kappa shape index (κ3) is 1.86. The first kappa shape index (κ1) is 17.3. The molecule has 0 aliphatic heterocycles. The van der Waals surface area contributed by atoms with Crippen LogP contribution in [0.3, 0.4) is 0 Å². The van der Waals surface area contributed by atoms with Gasteiger partial charge < -0.3 is 4.74 Å². The summed E-state index contributed by atoms with van der Waals surface area (Å²) in [6.07, 6.45) is 1.32. The monoisotopic (exact) mass is 436 g/mol. The van der Waals surface area contributed by atoms with Crippen molar-refractivity contribution in [2.45, 2.75) is 18.8 Å².